The fourth-order valence-electron chi connectivity index (χ4n) is 3.22. The predicted octanol–water partition coefficient (Wildman–Crippen LogP) is 2.55. The molecule has 0 aromatic heterocycles. The van der Waals surface area contributed by atoms with E-state index in [-0.39, 0.29) is 6.42 Å². The van der Waals surface area contributed by atoms with Gasteiger partial charge in [0.05, 0.1) is 6.04 Å². The summed E-state index contributed by atoms with van der Waals surface area (Å²) in [4.78, 5) is 35.9. The Morgan fingerprint density at radius 1 is 1.21 bits per heavy atom. The number of carboxylic acid groups (broad SMARTS) is 1. The van der Waals surface area contributed by atoms with Crippen LogP contribution >= 0.6 is 11.6 Å². The van der Waals surface area contributed by atoms with Gasteiger partial charge in [0.15, 0.2) is 6.10 Å². The average molecular weight is 403 g/mol. The van der Waals surface area contributed by atoms with Crippen LogP contribution in [0.2, 0.25) is 5.02 Å². The lowest BCUT2D eigenvalue weighted by Crippen LogP contribution is -2.51. The summed E-state index contributed by atoms with van der Waals surface area (Å²) in [7, 11) is 0. The summed E-state index contributed by atoms with van der Waals surface area (Å²) in [5, 5.41) is 15.7. The second-order valence-corrected chi connectivity index (χ2v) is 6.85. The first kappa shape index (κ1) is 19.9. The number of hydrogen-bond donors (Lipinski definition) is 3. The number of carbonyl (C=O) groups excluding carboxylic acids is 2. The summed E-state index contributed by atoms with van der Waals surface area (Å²) >= 11 is 6.33. The smallest absolute Gasteiger partial charge is 0.321 e. The Kier molecular flexibility index (Phi) is 5.96. The van der Waals surface area contributed by atoms with Crippen molar-refractivity contribution in [1.29, 1.82) is 0 Å². The summed E-state index contributed by atoms with van der Waals surface area (Å²) < 4.78 is 5.19. The number of aliphatic carboxylic acids is 1. The number of hydrogen-bond acceptors (Lipinski definition) is 5. The summed E-state index contributed by atoms with van der Waals surface area (Å²) in [6, 6.07) is 12.1. The van der Waals surface area contributed by atoms with Gasteiger partial charge in [-0.05, 0) is 24.1 Å². The number of rotatable bonds is 6. The molecule has 1 amide bonds. The maximum absolute atomic E-state index is 12.5. The Labute approximate surface area is 166 Å². The molecule has 0 saturated carbocycles. The van der Waals surface area contributed by atoms with Gasteiger partial charge in [-0.3, -0.25) is 19.7 Å². The lowest BCUT2D eigenvalue weighted by Gasteiger charge is -2.35. The molecule has 0 aliphatic carbocycles. The number of fused-ring (bicyclic) bond motifs is 1. The molecule has 28 heavy (non-hydrogen) atoms. The quantitative estimate of drug-likeness (QED) is 0.641. The summed E-state index contributed by atoms with van der Waals surface area (Å²) in [5.41, 5.74) is 1.74. The molecule has 146 valence electrons. The van der Waals surface area contributed by atoms with Crippen molar-refractivity contribution in [3.8, 4) is 0 Å². The highest BCUT2D eigenvalue weighted by molar-refractivity contribution is 6.32. The number of carboxylic acids is 1. The van der Waals surface area contributed by atoms with E-state index in [1.54, 1.807) is 18.2 Å². The van der Waals surface area contributed by atoms with Gasteiger partial charge in [-0.15, -0.1) is 0 Å². The fourth-order valence-corrected chi connectivity index (χ4v) is 3.52. The molecule has 1 aliphatic heterocycles. The Morgan fingerprint density at radius 2 is 1.93 bits per heavy atom. The molecular weight excluding hydrogens is 384 g/mol. The van der Waals surface area contributed by atoms with E-state index in [9.17, 15) is 19.5 Å². The van der Waals surface area contributed by atoms with Crippen molar-refractivity contribution in [3.63, 3.8) is 0 Å². The first-order chi connectivity index (χ1) is 13.4. The third-order valence-electron chi connectivity index (χ3n) is 4.44. The molecule has 2 aromatic rings. The third-order valence-corrected chi connectivity index (χ3v) is 4.77. The molecule has 3 N–H and O–H groups in total. The van der Waals surface area contributed by atoms with Crippen LogP contribution in [0.15, 0.2) is 48.5 Å². The van der Waals surface area contributed by atoms with Gasteiger partial charge < -0.3 is 15.2 Å². The highest BCUT2D eigenvalue weighted by Gasteiger charge is 2.41. The number of benzene rings is 2. The van der Waals surface area contributed by atoms with Gasteiger partial charge in [0.25, 0.3) is 5.91 Å². The van der Waals surface area contributed by atoms with Gasteiger partial charge in [0, 0.05) is 23.2 Å². The van der Waals surface area contributed by atoms with Gasteiger partial charge in [-0.25, -0.2) is 0 Å². The van der Waals surface area contributed by atoms with Crippen LogP contribution in [-0.2, 0) is 25.5 Å². The minimum absolute atomic E-state index is 0.181. The van der Waals surface area contributed by atoms with Crippen LogP contribution in [-0.4, -0.2) is 35.1 Å². The predicted molar refractivity (Wildman–Crippen MR) is 103 cm³/mol. The van der Waals surface area contributed by atoms with Crippen LogP contribution in [0.3, 0.4) is 0 Å². The van der Waals surface area contributed by atoms with E-state index < -0.39 is 36.0 Å². The lowest BCUT2D eigenvalue weighted by atomic mass is 9.93. The van der Waals surface area contributed by atoms with Crippen LogP contribution in [0.25, 0.3) is 0 Å². The van der Waals surface area contributed by atoms with E-state index in [0.29, 0.717) is 16.3 Å². The zero-order chi connectivity index (χ0) is 20.3. The molecule has 3 atom stereocenters. The molecule has 0 saturated heterocycles. The number of nitrogens with one attached hydrogen (secondary N) is 2. The molecule has 3 rings (SSSR count). The molecule has 8 heteroatoms. The Balaban J connectivity index is 1.97. The van der Waals surface area contributed by atoms with Gasteiger partial charge in [0.2, 0.25) is 0 Å². The summed E-state index contributed by atoms with van der Waals surface area (Å²) in [6.45, 7) is 1.19. The Bertz CT molecular complexity index is 903. The zero-order valence-electron chi connectivity index (χ0n) is 15.0. The van der Waals surface area contributed by atoms with E-state index in [0.717, 1.165) is 5.56 Å². The Hall–Kier alpha value is -2.90. The molecule has 0 bridgehead atoms. The fraction of sp³-hybridized carbons (Fsp3) is 0.250. The SMILES string of the molecule is CC(=O)OC1C(=O)Nc2cccc(Cl)c2C1NC(Cc1ccccc1)C(=O)O. The van der Waals surface area contributed by atoms with E-state index in [1.807, 2.05) is 30.3 Å². The molecule has 2 aromatic carbocycles. The van der Waals surface area contributed by atoms with Crippen molar-refractivity contribution in [2.24, 2.45) is 0 Å². The van der Waals surface area contributed by atoms with Crippen molar-refractivity contribution in [1.82, 2.24) is 5.32 Å². The molecular formula is C20H19ClN2O5. The normalized spacial score (nSPS) is 19.3. The standard InChI is InChI=1S/C20H19ClN2O5/c1-11(24)28-18-17(16-13(21)8-5-9-14(16)23-19(18)25)22-15(20(26)27)10-12-6-3-2-4-7-12/h2-9,15,17-18,22H,10H2,1H3,(H,23,25)(H,26,27). The number of ether oxygens (including phenoxy) is 1. The zero-order valence-corrected chi connectivity index (χ0v) is 15.8. The summed E-state index contributed by atoms with van der Waals surface area (Å²) in [6.07, 6.45) is -1.07. The molecule has 3 unspecified atom stereocenters. The highest BCUT2D eigenvalue weighted by atomic mass is 35.5. The van der Waals surface area contributed by atoms with Crippen LogP contribution in [0.1, 0.15) is 24.1 Å². The van der Waals surface area contributed by atoms with E-state index in [2.05, 4.69) is 10.6 Å². The third kappa shape index (κ3) is 4.32. The van der Waals surface area contributed by atoms with Crippen LogP contribution < -0.4 is 10.6 Å². The second-order valence-electron chi connectivity index (χ2n) is 6.45. The van der Waals surface area contributed by atoms with Crippen LogP contribution in [0.4, 0.5) is 5.69 Å². The molecule has 7 nitrogen and oxygen atoms in total. The number of carbonyl (C=O) groups is 3. The number of anilines is 1. The monoisotopic (exact) mass is 402 g/mol. The molecule has 0 spiro atoms. The van der Waals surface area contributed by atoms with Gasteiger partial charge >= 0.3 is 11.9 Å². The average Bonchev–Trinajstić information content (AvgIpc) is 2.64. The molecule has 0 radical (unpaired) electrons. The topological polar surface area (TPSA) is 105 Å². The molecule has 1 heterocycles. The molecule has 1 aliphatic rings. The largest absolute Gasteiger partial charge is 0.480 e. The minimum atomic E-state index is -1.25. The molecule has 0 fully saturated rings. The first-order valence-corrected chi connectivity index (χ1v) is 9.04. The highest BCUT2D eigenvalue weighted by Crippen LogP contribution is 2.37. The lowest BCUT2D eigenvalue weighted by molar-refractivity contribution is -0.155. The summed E-state index contributed by atoms with van der Waals surface area (Å²) in [5.74, 6) is -2.30. The second kappa shape index (κ2) is 8.41. The number of halogens is 1. The van der Waals surface area contributed by atoms with Gasteiger partial charge in [-0.1, -0.05) is 48.0 Å². The number of esters is 1. The maximum atomic E-state index is 12.5. The minimum Gasteiger partial charge on any atom is -0.480 e. The van der Waals surface area contributed by atoms with Crippen molar-refractivity contribution < 1.29 is 24.2 Å². The van der Waals surface area contributed by atoms with E-state index in [1.165, 1.54) is 6.92 Å². The van der Waals surface area contributed by atoms with E-state index in [4.69, 9.17) is 16.3 Å². The van der Waals surface area contributed by atoms with Crippen molar-refractivity contribution in [2.45, 2.75) is 31.5 Å². The van der Waals surface area contributed by atoms with Crippen molar-refractivity contribution >= 4 is 35.1 Å². The van der Waals surface area contributed by atoms with Gasteiger partial charge in [-0.2, -0.15) is 0 Å². The van der Waals surface area contributed by atoms with Crippen LogP contribution in [0.5, 0.6) is 0 Å². The van der Waals surface area contributed by atoms with Crippen molar-refractivity contribution in [3.05, 3.63) is 64.7 Å². The van der Waals surface area contributed by atoms with Crippen LogP contribution in [0, 0.1) is 0 Å². The van der Waals surface area contributed by atoms with Crippen molar-refractivity contribution in [2.75, 3.05) is 5.32 Å². The van der Waals surface area contributed by atoms with E-state index >= 15 is 0 Å². The maximum Gasteiger partial charge on any atom is 0.321 e. The van der Waals surface area contributed by atoms with Gasteiger partial charge in [0.1, 0.15) is 6.04 Å². The first-order valence-electron chi connectivity index (χ1n) is 8.66. The Morgan fingerprint density at radius 3 is 2.57 bits per heavy atom. The number of amides is 1.